The molecule has 0 unspecified atom stereocenters. The van der Waals surface area contributed by atoms with Gasteiger partial charge in [-0.25, -0.2) is 0 Å². The molecule has 7 rings (SSSR count). The molecule has 0 bridgehead atoms. The van der Waals surface area contributed by atoms with Gasteiger partial charge < -0.3 is 91.8 Å². The van der Waals surface area contributed by atoms with Gasteiger partial charge in [0.2, 0.25) is 17.2 Å². The molecule has 0 aliphatic heterocycles. The van der Waals surface area contributed by atoms with Gasteiger partial charge in [0.1, 0.15) is 13.6 Å². The number of thiophene rings is 1. The molecule has 5 aromatic carbocycles. The van der Waals surface area contributed by atoms with Gasteiger partial charge in [0.15, 0.2) is 74.7 Å². The smallest absolute Gasteiger partial charge is 0.206 e. The third-order valence-corrected chi connectivity index (χ3v) is 9.69. The standard InChI is InChI=1S/C30H18BNO17S/c31-9-21(42)24(45)20(41)8-2-1(13(34)26(47)28(49)30(2)50-29(8)9)5-15(36)17(38)7(18(39)16(5)37)6-12(33)3-4-11(32-10(3)22(43)19(6)40)23(44)27(48)25(46)14(4)35/h32-49H. The second kappa shape index (κ2) is 9.67. The molecule has 18 N–H and O–H groups in total. The first-order chi connectivity index (χ1) is 23.4. The summed E-state index contributed by atoms with van der Waals surface area (Å²) in [4.78, 5) is 2.32. The number of nitrogens with one attached hydrogen (secondary N) is 1. The lowest BCUT2D eigenvalue weighted by Gasteiger charge is -2.20. The summed E-state index contributed by atoms with van der Waals surface area (Å²) in [5, 5.41) is 180. The number of aromatic amines is 1. The van der Waals surface area contributed by atoms with E-state index in [0.29, 0.717) is 11.3 Å². The zero-order chi connectivity index (χ0) is 36.7. The Balaban J connectivity index is 1.64. The van der Waals surface area contributed by atoms with Crippen molar-refractivity contribution in [2.45, 2.75) is 0 Å². The Kier molecular flexibility index (Phi) is 6.07. The predicted molar refractivity (Wildman–Crippen MR) is 173 cm³/mol. The Hall–Kier alpha value is -7.22. The van der Waals surface area contributed by atoms with Crippen LogP contribution in [0.2, 0.25) is 0 Å². The van der Waals surface area contributed by atoms with Crippen LogP contribution in [0.1, 0.15) is 0 Å². The molecule has 0 saturated carbocycles. The van der Waals surface area contributed by atoms with E-state index in [-0.39, 0.29) is 4.70 Å². The van der Waals surface area contributed by atoms with Crippen LogP contribution < -0.4 is 5.46 Å². The van der Waals surface area contributed by atoms with Crippen LogP contribution in [0.15, 0.2) is 0 Å². The van der Waals surface area contributed by atoms with E-state index in [1.165, 1.54) is 0 Å². The second-order valence-corrected chi connectivity index (χ2v) is 12.0. The van der Waals surface area contributed by atoms with Crippen LogP contribution in [0, 0.1) is 0 Å². The first kappa shape index (κ1) is 31.4. The number of H-pyrrole nitrogens is 1. The minimum atomic E-state index is -1.52. The van der Waals surface area contributed by atoms with E-state index in [2.05, 4.69) is 4.98 Å². The number of aromatic hydroxyl groups is 17. The third-order valence-electron chi connectivity index (χ3n) is 8.46. The zero-order valence-corrected chi connectivity index (χ0v) is 24.9. The molecule has 0 aliphatic rings. The summed E-state index contributed by atoms with van der Waals surface area (Å²) in [6, 6.07) is 0. The molecule has 2 radical (unpaired) electrons. The quantitative estimate of drug-likeness (QED) is 0.0697. The molecule has 0 atom stereocenters. The molecule has 7 aromatic rings. The van der Waals surface area contributed by atoms with Crippen LogP contribution in [-0.2, 0) is 0 Å². The third kappa shape index (κ3) is 3.45. The van der Waals surface area contributed by atoms with E-state index < -0.39 is 163 Å². The number of phenolic OH excluding ortho intramolecular Hbond substituents is 17. The number of aromatic nitrogens is 1. The first-order valence-electron chi connectivity index (χ1n) is 13.5. The molecule has 0 spiro atoms. The molecule has 0 amide bonds. The minimum absolute atomic E-state index is 0.260. The Morgan fingerprint density at radius 1 is 0.300 bits per heavy atom. The van der Waals surface area contributed by atoms with Gasteiger partial charge in [-0.3, -0.25) is 0 Å². The topological polar surface area (TPSA) is 360 Å². The number of phenols is 17. The Morgan fingerprint density at radius 3 is 1.22 bits per heavy atom. The molecule has 50 heavy (non-hydrogen) atoms. The average molecular weight is 707 g/mol. The highest BCUT2D eigenvalue weighted by molar-refractivity contribution is 7.27. The van der Waals surface area contributed by atoms with Crippen LogP contribution in [-0.4, -0.2) is 99.6 Å². The number of benzene rings is 5. The van der Waals surface area contributed by atoms with Crippen molar-refractivity contribution in [1.82, 2.24) is 4.98 Å². The average Bonchev–Trinajstić information content (AvgIpc) is 3.69. The van der Waals surface area contributed by atoms with Crippen LogP contribution in [0.5, 0.6) is 97.7 Å². The van der Waals surface area contributed by atoms with Crippen molar-refractivity contribution < 1.29 is 86.8 Å². The highest BCUT2D eigenvalue weighted by Gasteiger charge is 2.37. The van der Waals surface area contributed by atoms with Gasteiger partial charge in [-0.05, 0) is 5.46 Å². The number of rotatable bonds is 2. The lowest BCUT2D eigenvalue weighted by atomic mass is 9.88. The zero-order valence-electron chi connectivity index (χ0n) is 24.1. The molecule has 2 heterocycles. The lowest BCUT2D eigenvalue weighted by Crippen LogP contribution is -2.03. The monoisotopic (exact) mass is 707 g/mol. The Morgan fingerprint density at radius 2 is 0.660 bits per heavy atom. The van der Waals surface area contributed by atoms with Gasteiger partial charge in [-0.15, -0.1) is 11.3 Å². The van der Waals surface area contributed by atoms with Crippen LogP contribution in [0.25, 0.3) is 64.2 Å². The van der Waals surface area contributed by atoms with E-state index >= 15 is 0 Å². The van der Waals surface area contributed by atoms with E-state index in [4.69, 9.17) is 7.85 Å². The van der Waals surface area contributed by atoms with Crippen LogP contribution in [0.4, 0.5) is 0 Å². The number of hydrogen-bond acceptors (Lipinski definition) is 18. The van der Waals surface area contributed by atoms with Gasteiger partial charge in [-0.2, -0.15) is 0 Å². The maximum atomic E-state index is 11.3. The fraction of sp³-hybridized carbons (Fsp3) is 0. The van der Waals surface area contributed by atoms with E-state index in [9.17, 15) is 86.8 Å². The summed E-state index contributed by atoms with van der Waals surface area (Å²) in [5.41, 5.74) is -6.22. The molecular weight excluding hydrogens is 689 g/mol. The highest BCUT2D eigenvalue weighted by atomic mass is 32.1. The summed E-state index contributed by atoms with van der Waals surface area (Å²) in [7, 11) is 5.88. The largest absolute Gasteiger partial charge is 0.506 e. The molecule has 18 nitrogen and oxygen atoms in total. The van der Waals surface area contributed by atoms with Gasteiger partial charge in [0, 0.05) is 21.0 Å². The van der Waals surface area contributed by atoms with Crippen LogP contribution >= 0.6 is 11.3 Å². The summed E-state index contributed by atoms with van der Waals surface area (Å²) in [6.45, 7) is 0. The SMILES string of the molecule is [B]c1c(O)c(O)c(O)c2c1sc1c(O)c(O)c(O)c(-c3c(O)c(O)c(-c4c(O)c(O)c5[nH]c6c(O)c(O)c(O)c(O)c6c5c4O)c(O)c3O)c12. The molecule has 0 aliphatic carbocycles. The summed E-state index contributed by atoms with van der Waals surface area (Å²) in [5.74, 6) is -21.5. The van der Waals surface area contributed by atoms with E-state index in [1.54, 1.807) is 0 Å². The van der Waals surface area contributed by atoms with Crippen LogP contribution in [0.3, 0.4) is 0 Å². The Labute approximate surface area is 278 Å². The maximum absolute atomic E-state index is 11.3. The highest BCUT2D eigenvalue weighted by Crippen LogP contribution is 2.65. The molecule has 2 aromatic heterocycles. The minimum Gasteiger partial charge on any atom is -0.506 e. The molecular formula is C30H18BNO17S. The van der Waals surface area contributed by atoms with E-state index in [0.717, 1.165) is 0 Å². The summed E-state index contributed by atoms with van der Waals surface area (Å²) < 4.78 is -0.703. The van der Waals surface area contributed by atoms with Crippen molar-refractivity contribution in [3.05, 3.63) is 0 Å². The van der Waals surface area contributed by atoms with Crippen molar-refractivity contribution >= 4 is 66.6 Å². The fourth-order valence-electron chi connectivity index (χ4n) is 6.09. The van der Waals surface area contributed by atoms with E-state index in [1.807, 2.05) is 0 Å². The molecule has 0 fully saturated rings. The van der Waals surface area contributed by atoms with Crippen molar-refractivity contribution in [2.75, 3.05) is 0 Å². The number of hydrogen-bond donors (Lipinski definition) is 18. The molecule has 254 valence electrons. The predicted octanol–water partition coefficient (Wildman–Crippen LogP) is 2.81. The maximum Gasteiger partial charge on any atom is 0.206 e. The fourth-order valence-corrected chi connectivity index (χ4v) is 7.30. The summed E-state index contributed by atoms with van der Waals surface area (Å²) in [6.07, 6.45) is 0. The molecule has 20 heteroatoms. The summed E-state index contributed by atoms with van der Waals surface area (Å²) >= 11 is 0.482. The van der Waals surface area contributed by atoms with Gasteiger partial charge in [0.25, 0.3) is 0 Å². The number of fused-ring (bicyclic) bond motifs is 6. The van der Waals surface area contributed by atoms with Crippen molar-refractivity contribution in [3.63, 3.8) is 0 Å². The molecule has 0 saturated heterocycles. The van der Waals surface area contributed by atoms with Crippen molar-refractivity contribution in [2.24, 2.45) is 0 Å². The first-order valence-corrected chi connectivity index (χ1v) is 14.3. The van der Waals surface area contributed by atoms with Crippen molar-refractivity contribution in [1.29, 1.82) is 0 Å². The van der Waals surface area contributed by atoms with Crippen molar-refractivity contribution in [3.8, 4) is 120 Å². The van der Waals surface area contributed by atoms with Gasteiger partial charge in [-0.1, -0.05) is 0 Å². The second-order valence-electron chi connectivity index (χ2n) is 11.0. The van der Waals surface area contributed by atoms with Gasteiger partial charge >= 0.3 is 0 Å². The Bertz CT molecular complexity index is 2720. The van der Waals surface area contributed by atoms with Gasteiger partial charge in [0.05, 0.1) is 43.2 Å². The lowest BCUT2D eigenvalue weighted by molar-refractivity contribution is 0.350. The normalized spacial score (nSPS) is 11.8.